The number of sulfonamides is 1. The number of hydrogen-bond acceptors (Lipinski definition) is 7. The zero-order valence-corrected chi connectivity index (χ0v) is 15.7. The second-order valence-electron chi connectivity index (χ2n) is 5.97. The third-order valence-corrected chi connectivity index (χ3v) is 5.96. The van der Waals surface area contributed by atoms with Gasteiger partial charge in [0.1, 0.15) is 6.33 Å². The maximum Gasteiger partial charge on any atom is 0.241 e. The fourth-order valence-corrected chi connectivity index (χ4v) is 4.01. The SMILES string of the molecule is CN(CNS(=O)(=O)c1ccc(-n2cnnc2S)cc1)N1CCCCC1. The first-order valence-corrected chi connectivity index (χ1v) is 10.1. The van der Waals surface area contributed by atoms with Crippen molar-refractivity contribution in [3.8, 4) is 5.69 Å². The Kier molecular flexibility index (Phi) is 5.74. The van der Waals surface area contributed by atoms with Crippen LogP contribution in [0.4, 0.5) is 0 Å². The molecule has 0 amide bonds. The Bertz CT molecular complexity index is 800. The third kappa shape index (κ3) is 4.39. The van der Waals surface area contributed by atoms with Gasteiger partial charge >= 0.3 is 0 Å². The minimum Gasteiger partial charge on any atom is -0.277 e. The highest BCUT2D eigenvalue weighted by atomic mass is 32.2. The van der Waals surface area contributed by atoms with Crippen molar-refractivity contribution in [2.75, 3.05) is 26.8 Å². The van der Waals surface area contributed by atoms with E-state index >= 15 is 0 Å². The average Bonchev–Trinajstić information content (AvgIpc) is 3.06. The quantitative estimate of drug-likeness (QED) is 0.576. The van der Waals surface area contributed by atoms with E-state index in [1.807, 2.05) is 12.1 Å². The first kappa shape index (κ1) is 18.3. The largest absolute Gasteiger partial charge is 0.277 e. The minimum absolute atomic E-state index is 0.220. The Labute approximate surface area is 153 Å². The van der Waals surface area contributed by atoms with Gasteiger partial charge in [-0.25, -0.2) is 18.4 Å². The van der Waals surface area contributed by atoms with Crippen molar-refractivity contribution < 1.29 is 8.42 Å². The van der Waals surface area contributed by atoms with E-state index in [0.717, 1.165) is 31.6 Å². The Morgan fingerprint density at radius 2 is 1.88 bits per heavy atom. The summed E-state index contributed by atoms with van der Waals surface area (Å²) in [6, 6.07) is 6.52. The molecule has 1 aromatic carbocycles. The number of aromatic nitrogens is 3. The van der Waals surface area contributed by atoms with Crippen molar-refractivity contribution in [3.63, 3.8) is 0 Å². The van der Waals surface area contributed by atoms with Crippen LogP contribution >= 0.6 is 12.6 Å². The van der Waals surface area contributed by atoms with Gasteiger partial charge in [-0.2, -0.15) is 4.72 Å². The van der Waals surface area contributed by atoms with Crippen LogP contribution in [-0.2, 0) is 10.0 Å². The van der Waals surface area contributed by atoms with E-state index in [2.05, 4.69) is 32.6 Å². The number of nitrogens with zero attached hydrogens (tertiary/aromatic N) is 5. The summed E-state index contributed by atoms with van der Waals surface area (Å²) in [5.41, 5.74) is 0.749. The van der Waals surface area contributed by atoms with Crippen LogP contribution in [0.5, 0.6) is 0 Å². The fraction of sp³-hybridized carbons (Fsp3) is 0.467. The highest BCUT2D eigenvalue weighted by molar-refractivity contribution is 7.89. The standard InChI is InChI=1S/C15H22N6O2S2/c1-19(20-9-3-2-4-10-20)12-17-25(22,23)14-7-5-13(6-8-14)21-11-16-18-15(21)24/h5-8,11,17H,2-4,9-10,12H2,1H3,(H,18,24). The predicted octanol–water partition coefficient (Wildman–Crippen LogP) is 1.12. The summed E-state index contributed by atoms with van der Waals surface area (Å²) in [5.74, 6) is 0. The monoisotopic (exact) mass is 382 g/mol. The van der Waals surface area contributed by atoms with Crippen LogP contribution < -0.4 is 4.72 Å². The number of benzene rings is 1. The van der Waals surface area contributed by atoms with Gasteiger partial charge in [0, 0.05) is 25.8 Å². The third-order valence-electron chi connectivity index (χ3n) is 4.25. The lowest BCUT2D eigenvalue weighted by Gasteiger charge is -2.34. The van der Waals surface area contributed by atoms with Gasteiger partial charge in [-0.3, -0.25) is 4.57 Å². The molecule has 1 aliphatic heterocycles. The molecule has 10 heteroatoms. The molecule has 136 valence electrons. The summed E-state index contributed by atoms with van der Waals surface area (Å²) < 4.78 is 29.3. The van der Waals surface area contributed by atoms with Crippen LogP contribution in [-0.4, -0.2) is 60.0 Å². The Morgan fingerprint density at radius 3 is 2.48 bits per heavy atom. The molecule has 0 bridgehead atoms. The maximum absolute atomic E-state index is 12.5. The van der Waals surface area contributed by atoms with Gasteiger partial charge in [0.15, 0.2) is 5.16 Å². The molecule has 0 saturated carbocycles. The van der Waals surface area contributed by atoms with Gasteiger partial charge in [-0.1, -0.05) is 6.42 Å². The number of rotatable bonds is 6. The molecule has 2 aromatic rings. The van der Waals surface area contributed by atoms with E-state index < -0.39 is 10.0 Å². The normalized spacial score (nSPS) is 16.4. The van der Waals surface area contributed by atoms with Crippen LogP contribution in [0.3, 0.4) is 0 Å². The minimum atomic E-state index is -3.57. The molecule has 0 aliphatic carbocycles. The van der Waals surface area contributed by atoms with Gasteiger partial charge < -0.3 is 0 Å². The van der Waals surface area contributed by atoms with Crippen molar-refractivity contribution in [1.82, 2.24) is 29.5 Å². The zero-order valence-electron chi connectivity index (χ0n) is 14.0. The number of piperidine rings is 1. The number of hydrazine groups is 1. The predicted molar refractivity (Wildman–Crippen MR) is 97.0 cm³/mol. The first-order valence-electron chi connectivity index (χ1n) is 8.12. The lowest BCUT2D eigenvalue weighted by atomic mass is 10.2. The van der Waals surface area contributed by atoms with E-state index in [0.29, 0.717) is 5.16 Å². The number of nitrogens with one attached hydrogen (secondary N) is 1. The molecule has 1 aromatic heterocycles. The Morgan fingerprint density at radius 1 is 1.20 bits per heavy atom. The van der Waals surface area contributed by atoms with Crippen LogP contribution in [0.2, 0.25) is 0 Å². The molecule has 0 radical (unpaired) electrons. The molecule has 1 aliphatic rings. The molecule has 1 fully saturated rings. The number of hydrogen-bond donors (Lipinski definition) is 2. The van der Waals surface area contributed by atoms with Crippen molar-refractivity contribution in [1.29, 1.82) is 0 Å². The maximum atomic E-state index is 12.5. The molecule has 1 N–H and O–H groups in total. The van der Waals surface area contributed by atoms with Crippen LogP contribution in [0.1, 0.15) is 19.3 Å². The van der Waals surface area contributed by atoms with Crippen molar-refractivity contribution >= 4 is 22.7 Å². The van der Waals surface area contributed by atoms with E-state index in [1.54, 1.807) is 28.8 Å². The summed E-state index contributed by atoms with van der Waals surface area (Å²) >= 11 is 4.20. The Balaban J connectivity index is 1.64. The number of thiol groups is 1. The second-order valence-corrected chi connectivity index (χ2v) is 8.14. The van der Waals surface area contributed by atoms with Gasteiger partial charge in [0.2, 0.25) is 10.0 Å². The first-order chi connectivity index (χ1) is 12.0. The molecule has 1 saturated heterocycles. The fourth-order valence-electron chi connectivity index (χ4n) is 2.78. The second kappa shape index (κ2) is 7.83. The molecule has 0 spiro atoms. The van der Waals surface area contributed by atoms with Crippen molar-refractivity contribution in [3.05, 3.63) is 30.6 Å². The molecule has 25 heavy (non-hydrogen) atoms. The van der Waals surface area contributed by atoms with Gasteiger partial charge in [-0.05, 0) is 37.1 Å². The van der Waals surface area contributed by atoms with Gasteiger partial charge in [0.25, 0.3) is 0 Å². The van der Waals surface area contributed by atoms with Crippen LogP contribution in [0.25, 0.3) is 5.69 Å². The molecular weight excluding hydrogens is 360 g/mol. The summed E-state index contributed by atoms with van der Waals surface area (Å²) in [7, 11) is -1.67. The van der Waals surface area contributed by atoms with E-state index in [4.69, 9.17) is 0 Å². The summed E-state index contributed by atoms with van der Waals surface area (Å²) in [5, 5.41) is 12.1. The van der Waals surface area contributed by atoms with E-state index in [9.17, 15) is 8.42 Å². The van der Waals surface area contributed by atoms with Gasteiger partial charge in [0.05, 0.1) is 11.6 Å². The van der Waals surface area contributed by atoms with Crippen LogP contribution in [0.15, 0.2) is 40.6 Å². The molecule has 2 heterocycles. The molecule has 0 unspecified atom stereocenters. The summed E-state index contributed by atoms with van der Waals surface area (Å²) in [4.78, 5) is 0.220. The van der Waals surface area contributed by atoms with E-state index in [1.165, 1.54) is 12.7 Å². The molecule has 3 rings (SSSR count). The Hall–Kier alpha value is -1.46. The smallest absolute Gasteiger partial charge is 0.241 e. The molecule has 0 atom stereocenters. The van der Waals surface area contributed by atoms with Crippen LogP contribution in [0, 0.1) is 0 Å². The van der Waals surface area contributed by atoms with Gasteiger partial charge in [-0.15, -0.1) is 22.8 Å². The molecule has 8 nitrogen and oxygen atoms in total. The average molecular weight is 383 g/mol. The van der Waals surface area contributed by atoms with Crippen molar-refractivity contribution in [2.24, 2.45) is 0 Å². The highest BCUT2D eigenvalue weighted by Crippen LogP contribution is 2.16. The van der Waals surface area contributed by atoms with E-state index in [-0.39, 0.29) is 11.6 Å². The lowest BCUT2D eigenvalue weighted by Crippen LogP contribution is -2.48. The lowest BCUT2D eigenvalue weighted by molar-refractivity contribution is -0.0175. The van der Waals surface area contributed by atoms with Crippen molar-refractivity contribution in [2.45, 2.75) is 29.3 Å². The summed E-state index contributed by atoms with van der Waals surface area (Å²) in [6.45, 7) is 2.19. The summed E-state index contributed by atoms with van der Waals surface area (Å²) in [6.07, 6.45) is 5.06. The zero-order chi connectivity index (χ0) is 17.9. The highest BCUT2D eigenvalue weighted by Gasteiger charge is 2.18. The molecular formula is C15H22N6O2S2. The topological polar surface area (TPSA) is 83.4 Å².